The first-order valence-electron chi connectivity index (χ1n) is 17.8. The summed E-state index contributed by atoms with van der Waals surface area (Å²) in [7, 11) is -2.69. The molecule has 260 valence electrons. The molecule has 0 unspecified atom stereocenters. The molecule has 45 heavy (non-hydrogen) atoms. The molecule has 3 aliphatic rings. The summed E-state index contributed by atoms with van der Waals surface area (Å²) >= 11 is 0. The quantitative estimate of drug-likeness (QED) is 0.111. The maximum absolute atomic E-state index is 16.5. The first-order valence-corrected chi connectivity index (χ1v) is 23.7. The second kappa shape index (κ2) is 15.1. The van der Waals surface area contributed by atoms with E-state index in [0.717, 1.165) is 19.3 Å². The lowest BCUT2D eigenvalue weighted by Crippen LogP contribution is -2.45. The molecule has 3 fully saturated rings. The Balaban J connectivity index is 1.91. The summed E-state index contributed by atoms with van der Waals surface area (Å²) in [4.78, 5) is 12.1. The summed E-state index contributed by atoms with van der Waals surface area (Å²) in [6.07, 6.45) is 12.7. The number of hydrogen-bond acceptors (Lipinski definition) is 5. The van der Waals surface area contributed by atoms with Gasteiger partial charge in [-0.25, -0.2) is 4.39 Å². The second-order valence-electron chi connectivity index (χ2n) is 17.5. The third-order valence-corrected chi connectivity index (χ3v) is 20.8. The molecule has 0 spiro atoms. The average Bonchev–Trinajstić information content (AvgIpc) is 3.59. The van der Waals surface area contributed by atoms with Gasteiger partial charge in [0.1, 0.15) is 11.9 Å². The van der Waals surface area contributed by atoms with Gasteiger partial charge in [-0.15, -0.1) is 0 Å². The van der Waals surface area contributed by atoms with Crippen molar-refractivity contribution in [3.63, 3.8) is 0 Å². The van der Waals surface area contributed by atoms with Gasteiger partial charge in [0.15, 0.2) is 22.8 Å². The van der Waals surface area contributed by atoms with E-state index in [9.17, 15) is 4.79 Å². The fraction of sp³-hybridized carbons (Fsp3) is 0.865. The van der Waals surface area contributed by atoms with Crippen molar-refractivity contribution >= 4 is 22.6 Å². The minimum atomic E-state index is -2.11. The number of esters is 1. The Labute approximate surface area is 277 Å². The van der Waals surface area contributed by atoms with E-state index in [4.69, 9.17) is 18.3 Å². The number of alkyl halides is 1. The molecule has 0 aromatic rings. The zero-order valence-electron chi connectivity index (χ0n) is 31.0. The van der Waals surface area contributed by atoms with Crippen molar-refractivity contribution in [1.29, 1.82) is 0 Å². The first-order chi connectivity index (χ1) is 20.7. The Morgan fingerprint density at radius 1 is 1.04 bits per heavy atom. The number of hydrogen-bond donors (Lipinski definition) is 0. The molecule has 1 heterocycles. The van der Waals surface area contributed by atoms with Gasteiger partial charge in [0.25, 0.3) is 0 Å². The van der Waals surface area contributed by atoms with E-state index < -0.39 is 22.8 Å². The van der Waals surface area contributed by atoms with Crippen LogP contribution >= 0.6 is 0 Å². The third kappa shape index (κ3) is 9.57. The molecule has 5 nitrogen and oxygen atoms in total. The van der Waals surface area contributed by atoms with Crippen LogP contribution in [0.2, 0.25) is 36.3 Å². The van der Waals surface area contributed by atoms with Crippen molar-refractivity contribution in [2.45, 2.75) is 168 Å². The lowest BCUT2D eigenvalue weighted by Gasteiger charge is -2.40. The molecule has 0 amide bonds. The summed E-state index contributed by atoms with van der Waals surface area (Å²) in [5, 5.41) is 0.162. The summed E-state index contributed by atoms with van der Waals surface area (Å²) in [5.74, 6) is 0.517. The highest BCUT2D eigenvalue weighted by molar-refractivity contribution is 6.74. The molecule has 8 heteroatoms. The van der Waals surface area contributed by atoms with E-state index >= 15 is 4.39 Å². The lowest BCUT2D eigenvalue weighted by atomic mass is 9.88. The van der Waals surface area contributed by atoms with Crippen LogP contribution in [0, 0.1) is 29.6 Å². The Bertz CT molecular complexity index is 1040. The van der Waals surface area contributed by atoms with Gasteiger partial charge >= 0.3 is 5.97 Å². The van der Waals surface area contributed by atoms with E-state index in [0.29, 0.717) is 24.5 Å². The van der Waals surface area contributed by atoms with Gasteiger partial charge in [0.2, 0.25) is 0 Å². The minimum Gasteiger partial charge on any atom is -0.491 e. The highest BCUT2D eigenvalue weighted by atomic mass is 28.4. The van der Waals surface area contributed by atoms with Crippen molar-refractivity contribution in [2.24, 2.45) is 29.6 Å². The van der Waals surface area contributed by atoms with Gasteiger partial charge in [-0.1, -0.05) is 86.8 Å². The number of carbonyl (C=O) groups excluding carboxylic acids is 1. The van der Waals surface area contributed by atoms with E-state index in [2.05, 4.69) is 93.7 Å². The van der Waals surface area contributed by atoms with Gasteiger partial charge < -0.3 is 18.3 Å². The van der Waals surface area contributed by atoms with E-state index in [1.54, 1.807) is 0 Å². The minimum absolute atomic E-state index is 0.00513. The van der Waals surface area contributed by atoms with Crippen LogP contribution in [0.1, 0.15) is 107 Å². The van der Waals surface area contributed by atoms with Crippen LogP contribution in [0.15, 0.2) is 24.0 Å². The van der Waals surface area contributed by atoms with Crippen LogP contribution in [0.25, 0.3) is 0 Å². The Kier molecular flexibility index (Phi) is 12.9. The van der Waals surface area contributed by atoms with Crippen molar-refractivity contribution < 1.29 is 27.5 Å². The smallest absolute Gasteiger partial charge is 0.308 e. The van der Waals surface area contributed by atoms with E-state index in [1.807, 2.05) is 6.08 Å². The number of rotatable bonds is 13. The van der Waals surface area contributed by atoms with Gasteiger partial charge in [-0.2, -0.15) is 0 Å². The van der Waals surface area contributed by atoms with Gasteiger partial charge in [0, 0.05) is 18.3 Å². The Hall–Kier alpha value is -0.966. The van der Waals surface area contributed by atoms with Crippen molar-refractivity contribution in [2.75, 3.05) is 7.11 Å². The number of carbonyl (C=O) groups is 1. The molecule has 0 N–H and O–H groups in total. The van der Waals surface area contributed by atoms with Crippen LogP contribution in [-0.4, -0.2) is 54.2 Å². The second-order valence-corrected chi connectivity index (χ2v) is 27.0. The number of ether oxygens (including phenoxy) is 2. The van der Waals surface area contributed by atoms with Gasteiger partial charge in [-0.05, 0) is 79.9 Å². The predicted molar refractivity (Wildman–Crippen MR) is 189 cm³/mol. The van der Waals surface area contributed by atoms with Crippen LogP contribution in [0.3, 0.4) is 0 Å². The number of methoxy groups -OCH3 is 1. The fourth-order valence-corrected chi connectivity index (χ4v) is 9.51. The maximum Gasteiger partial charge on any atom is 0.308 e. The van der Waals surface area contributed by atoms with Crippen molar-refractivity contribution in [3.05, 3.63) is 24.0 Å². The molecular formula is C37H67FO5Si2. The van der Waals surface area contributed by atoms with Gasteiger partial charge in [-0.3, -0.25) is 4.79 Å². The molecular weight excluding hydrogens is 600 g/mol. The molecule has 3 rings (SSSR count). The highest BCUT2D eigenvalue weighted by Gasteiger charge is 2.56. The van der Waals surface area contributed by atoms with E-state index in [-0.39, 0.29) is 58.0 Å². The third-order valence-electron chi connectivity index (χ3n) is 11.8. The first kappa shape index (κ1) is 38.5. The van der Waals surface area contributed by atoms with Crippen LogP contribution in [0.4, 0.5) is 4.39 Å². The molecule has 1 saturated heterocycles. The van der Waals surface area contributed by atoms with Crippen molar-refractivity contribution in [3.8, 4) is 0 Å². The molecule has 0 aromatic carbocycles. The predicted octanol–water partition coefficient (Wildman–Crippen LogP) is 10.4. The maximum atomic E-state index is 16.5. The Morgan fingerprint density at radius 2 is 1.69 bits per heavy atom. The average molecular weight is 667 g/mol. The molecule has 2 aliphatic carbocycles. The van der Waals surface area contributed by atoms with Crippen LogP contribution in [0.5, 0.6) is 0 Å². The summed E-state index contributed by atoms with van der Waals surface area (Å²) < 4.78 is 42.0. The monoisotopic (exact) mass is 666 g/mol. The molecule has 0 radical (unpaired) electrons. The summed E-state index contributed by atoms with van der Waals surface area (Å²) in [6.45, 7) is 27.5. The van der Waals surface area contributed by atoms with Crippen molar-refractivity contribution in [1.82, 2.24) is 0 Å². The zero-order valence-corrected chi connectivity index (χ0v) is 33.0. The van der Waals surface area contributed by atoms with Crippen LogP contribution in [-0.2, 0) is 23.1 Å². The Morgan fingerprint density at radius 3 is 2.27 bits per heavy atom. The topological polar surface area (TPSA) is 54.0 Å². The fourth-order valence-electron chi connectivity index (χ4n) is 6.87. The molecule has 9 atom stereocenters. The molecule has 0 bridgehead atoms. The highest BCUT2D eigenvalue weighted by Crippen LogP contribution is 2.51. The number of fused-ring (bicyclic) bond motifs is 1. The lowest BCUT2D eigenvalue weighted by molar-refractivity contribution is -0.145. The van der Waals surface area contributed by atoms with Gasteiger partial charge in [0.05, 0.1) is 25.2 Å². The molecule has 1 aliphatic heterocycles. The van der Waals surface area contributed by atoms with E-state index in [1.165, 1.54) is 26.4 Å². The molecule has 0 aromatic heterocycles. The summed E-state index contributed by atoms with van der Waals surface area (Å²) in [5.41, 5.74) is 0. The normalized spacial score (nSPS) is 31.8. The summed E-state index contributed by atoms with van der Waals surface area (Å²) in [6, 6.07) is 0. The number of unbranched alkanes of at least 4 members (excludes halogenated alkanes) is 1. The standard InChI is InChI=1S/C37H67FO5Si2/c1-14-15-16-25(2)21-28(42-44(10,11)36(3,4)5)19-20-29-30(43-45(12,13)37(6,7)8)24-31-33(29)34(38)32(41-31)23-26-17-18-27(22-26)35(39)40-9/h19-20,23,25-31,33-34H,14-18,21-22,24H2,1-13H3/b20-19+,32-23-/t25-,26-,27+,28+,29-,30+,31-,33+,34-/m0/s1. The number of allylic oxidation sites excluding steroid dienone is 2. The van der Waals surface area contributed by atoms with Crippen LogP contribution < -0.4 is 0 Å². The molecule has 2 saturated carbocycles. The number of halogens is 1. The largest absolute Gasteiger partial charge is 0.491 e. The zero-order chi connectivity index (χ0) is 34.0. The SMILES string of the molecule is CCCC[C@H](C)C[C@@H](/C=C/[C@@H]1[C@@H]2[C@H](C[C@H]1O[Si](C)(C)C(C)(C)C)O/C(=C\[C@H]1CC[C@@H](C(=O)OC)C1)[C@@H]2F)O[Si](C)(C)C(C)(C)C.